The number of hydrogen-bond donors (Lipinski definition) is 0. The van der Waals surface area contributed by atoms with Crippen molar-refractivity contribution >= 4 is 12.1 Å². The van der Waals surface area contributed by atoms with Crippen molar-refractivity contribution in [1.82, 2.24) is 0 Å². The fourth-order valence-corrected chi connectivity index (χ4v) is 4.97. The Hall–Kier alpha value is -2.22. The lowest BCUT2D eigenvalue weighted by Crippen LogP contribution is -2.03. The van der Waals surface area contributed by atoms with Gasteiger partial charge in [0.25, 0.3) is 0 Å². The number of carbonyl (C=O) groups excluding carboxylic acids is 2. The van der Waals surface area contributed by atoms with Crippen LogP contribution in [0.5, 0.6) is 0 Å². The Kier molecular flexibility index (Phi) is 33.1. The molecule has 0 aliphatic carbocycles. The second-order valence-electron chi connectivity index (χ2n) is 11.7. The van der Waals surface area contributed by atoms with Gasteiger partial charge < -0.3 is 0 Å². The molecule has 0 unspecified atom stereocenters. The highest BCUT2D eigenvalue weighted by Gasteiger charge is 2.08. The summed E-state index contributed by atoms with van der Waals surface area (Å²) in [5, 5.41) is 0. The second-order valence-corrected chi connectivity index (χ2v) is 11.7. The fraction of sp³-hybridized carbons (Fsp3) is 0.650. The van der Waals surface area contributed by atoms with E-state index in [1.807, 2.05) is 42.7 Å². The first-order valence-electron chi connectivity index (χ1n) is 17.7. The highest BCUT2D eigenvalue weighted by atomic mass is 16.1. The Labute approximate surface area is 261 Å². The SMILES string of the molecule is CCCCCCCCCC=CC=CC=CC=CC=CC=C([C]=O)C(=O)CCCCCCCCCCCCCCCCC. The lowest BCUT2D eigenvalue weighted by molar-refractivity contribution is -0.115. The zero-order valence-corrected chi connectivity index (χ0v) is 27.6. The summed E-state index contributed by atoms with van der Waals surface area (Å²) in [6, 6.07) is 0. The Morgan fingerprint density at radius 2 is 0.810 bits per heavy atom. The first kappa shape index (κ1) is 39.8. The van der Waals surface area contributed by atoms with Gasteiger partial charge in [-0.15, -0.1) is 0 Å². The molecular weight excluding hydrogens is 512 g/mol. The van der Waals surface area contributed by atoms with E-state index in [9.17, 15) is 9.59 Å². The van der Waals surface area contributed by atoms with Crippen molar-refractivity contribution in [2.45, 2.75) is 168 Å². The lowest BCUT2D eigenvalue weighted by Gasteiger charge is -2.03. The van der Waals surface area contributed by atoms with E-state index in [0.29, 0.717) is 6.42 Å². The van der Waals surface area contributed by atoms with Crippen molar-refractivity contribution in [2.75, 3.05) is 0 Å². The molecule has 0 heterocycles. The smallest absolute Gasteiger partial charge is 0.237 e. The molecule has 1 radical (unpaired) electrons. The first-order chi connectivity index (χ1) is 20.8. The first-order valence-corrected chi connectivity index (χ1v) is 17.7. The molecule has 42 heavy (non-hydrogen) atoms. The summed E-state index contributed by atoms with van der Waals surface area (Å²) in [6.45, 7) is 4.53. The number of rotatable bonds is 31. The highest BCUT2D eigenvalue weighted by Crippen LogP contribution is 2.14. The van der Waals surface area contributed by atoms with Crippen LogP contribution in [0.1, 0.15) is 168 Å². The van der Waals surface area contributed by atoms with E-state index in [-0.39, 0.29) is 11.4 Å². The van der Waals surface area contributed by atoms with Gasteiger partial charge in [-0.05, 0) is 25.3 Å². The van der Waals surface area contributed by atoms with Crippen LogP contribution < -0.4 is 0 Å². The van der Waals surface area contributed by atoms with Gasteiger partial charge in [0, 0.05) is 6.42 Å². The van der Waals surface area contributed by atoms with Gasteiger partial charge in [-0.2, -0.15) is 0 Å². The number of unbranched alkanes of at least 4 members (excludes halogenated alkanes) is 21. The Bertz CT molecular complexity index is 777. The average Bonchev–Trinajstić information content (AvgIpc) is 3.00. The van der Waals surface area contributed by atoms with Gasteiger partial charge in [0.1, 0.15) is 0 Å². The van der Waals surface area contributed by atoms with E-state index < -0.39 is 0 Å². The molecule has 0 aromatic carbocycles. The molecule has 0 bridgehead atoms. The summed E-state index contributed by atoms with van der Waals surface area (Å²) in [5.74, 6) is -0.0987. The minimum Gasteiger partial charge on any atom is -0.294 e. The molecule has 0 rings (SSSR count). The maximum absolute atomic E-state index is 12.3. The van der Waals surface area contributed by atoms with Gasteiger partial charge in [0.15, 0.2) is 5.78 Å². The summed E-state index contributed by atoms with van der Waals surface area (Å²) in [5.41, 5.74) is 0.145. The summed E-state index contributed by atoms with van der Waals surface area (Å²) in [4.78, 5) is 23.5. The molecule has 0 spiro atoms. The largest absolute Gasteiger partial charge is 0.294 e. The quantitative estimate of drug-likeness (QED) is 0.0270. The number of hydrogen-bond acceptors (Lipinski definition) is 2. The van der Waals surface area contributed by atoms with Crippen LogP contribution in [0.25, 0.3) is 0 Å². The van der Waals surface area contributed by atoms with Crippen LogP contribution >= 0.6 is 0 Å². The standard InChI is InChI=1S/C40H65O2/c1-3-5-7-9-11-13-15-17-19-20-21-23-24-26-28-30-32-34-36-39(38-41)40(42)37-35-33-31-29-27-25-22-18-16-14-12-10-8-6-4-2/h19-21,23-24,26,28,30,32,34,36H,3-18,22,25,27,29,31,33,35,37H2,1-2H3. The molecule has 0 aromatic heterocycles. The van der Waals surface area contributed by atoms with Gasteiger partial charge in [-0.3, -0.25) is 9.59 Å². The lowest BCUT2D eigenvalue weighted by atomic mass is 10.0. The third-order valence-corrected chi connectivity index (χ3v) is 7.68. The monoisotopic (exact) mass is 577 g/mol. The molecular formula is C40H65O2. The molecule has 0 saturated heterocycles. The van der Waals surface area contributed by atoms with E-state index in [4.69, 9.17) is 0 Å². The molecule has 237 valence electrons. The minimum absolute atomic E-state index is 0.0987. The summed E-state index contributed by atoms with van der Waals surface area (Å²) < 4.78 is 0. The predicted octanol–water partition coefficient (Wildman–Crippen LogP) is 12.8. The zero-order valence-electron chi connectivity index (χ0n) is 27.6. The van der Waals surface area contributed by atoms with Crippen LogP contribution in [0.2, 0.25) is 0 Å². The highest BCUT2D eigenvalue weighted by molar-refractivity contribution is 6.12. The van der Waals surface area contributed by atoms with E-state index in [1.165, 1.54) is 128 Å². The molecule has 0 aliphatic heterocycles. The zero-order chi connectivity index (χ0) is 30.6. The second kappa shape index (κ2) is 35.0. The molecule has 0 aliphatic rings. The van der Waals surface area contributed by atoms with Gasteiger partial charge in [-0.1, -0.05) is 203 Å². The molecule has 0 atom stereocenters. The van der Waals surface area contributed by atoms with Crippen molar-refractivity contribution in [3.63, 3.8) is 0 Å². The summed E-state index contributed by atoms with van der Waals surface area (Å²) in [6.07, 6.45) is 53.7. The maximum atomic E-state index is 12.3. The predicted molar refractivity (Wildman–Crippen MR) is 187 cm³/mol. The van der Waals surface area contributed by atoms with E-state index in [1.54, 1.807) is 12.2 Å². The number of allylic oxidation sites excluding steroid dienone is 12. The van der Waals surface area contributed by atoms with Gasteiger partial charge in [0.05, 0.1) is 5.57 Å². The van der Waals surface area contributed by atoms with Crippen molar-refractivity contribution in [3.05, 3.63) is 72.4 Å². The van der Waals surface area contributed by atoms with E-state index in [0.717, 1.165) is 19.3 Å². The van der Waals surface area contributed by atoms with Gasteiger partial charge >= 0.3 is 0 Å². The van der Waals surface area contributed by atoms with Crippen molar-refractivity contribution in [3.8, 4) is 0 Å². The Morgan fingerprint density at radius 3 is 1.24 bits per heavy atom. The summed E-state index contributed by atoms with van der Waals surface area (Å²) in [7, 11) is 0. The minimum atomic E-state index is -0.0987. The Morgan fingerprint density at radius 1 is 0.452 bits per heavy atom. The third-order valence-electron chi connectivity index (χ3n) is 7.68. The van der Waals surface area contributed by atoms with Crippen LogP contribution in [0.4, 0.5) is 0 Å². The molecule has 0 N–H and O–H groups in total. The van der Waals surface area contributed by atoms with E-state index >= 15 is 0 Å². The molecule has 0 fully saturated rings. The maximum Gasteiger partial charge on any atom is 0.237 e. The number of carbonyl (C=O) groups is 1. The average molecular weight is 578 g/mol. The molecule has 0 amide bonds. The van der Waals surface area contributed by atoms with Crippen LogP contribution in [0.3, 0.4) is 0 Å². The van der Waals surface area contributed by atoms with Crippen LogP contribution in [-0.2, 0) is 9.59 Å². The molecule has 0 saturated carbocycles. The topological polar surface area (TPSA) is 34.1 Å². The fourth-order valence-electron chi connectivity index (χ4n) is 4.97. The van der Waals surface area contributed by atoms with Gasteiger partial charge in [-0.25, -0.2) is 0 Å². The van der Waals surface area contributed by atoms with Crippen LogP contribution in [0.15, 0.2) is 72.4 Å². The van der Waals surface area contributed by atoms with Crippen molar-refractivity contribution in [1.29, 1.82) is 0 Å². The number of ketones is 1. The Balaban J connectivity index is 3.81. The van der Waals surface area contributed by atoms with Crippen LogP contribution in [-0.4, -0.2) is 12.1 Å². The molecule has 2 heteroatoms. The molecule has 0 aromatic rings. The normalized spacial score (nSPS) is 12.8. The van der Waals surface area contributed by atoms with E-state index in [2.05, 4.69) is 32.1 Å². The van der Waals surface area contributed by atoms with Crippen molar-refractivity contribution in [2.24, 2.45) is 0 Å². The van der Waals surface area contributed by atoms with Crippen LogP contribution in [0, 0.1) is 0 Å². The van der Waals surface area contributed by atoms with Crippen molar-refractivity contribution < 1.29 is 9.59 Å². The van der Waals surface area contributed by atoms with Gasteiger partial charge in [0.2, 0.25) is 6.29 Å². The third kappa shape index (κ3) is 30.7. The number of Topliss-reactive ketones (excluding diaryl/α,β-unsaturated/α-hetero) is 1. The molecule has 2 nitrogen and oxygen atoms in total. The summed E-state index contributed by atoms with van der Waals surface area (Å²) >= 11 is 0.